The number of likely N-dealkylation sites (N-methyl/N-ethyl adjacent to an activating group) is 1. The molecule has 3 heterocycles. The molecule has 1 unspecified atom stereocenters. The van der Waals surface area contributed by atoms with E-state index in [2.05, 4.69) is 15.0 Å². The molecule has 27 heavy (non-hydrogen) atoms. The number of para-hydroxylation sites is 1. The summed E-state index contributed by atoms with van der Waals surface area (Å²) in [5.41, 5.74) is 3.52. The minimum atomic E-state index is -0.554. The van der Waals surface area contributed by atoms with Gasteiger partial charge < -0.3 is 14.3 Å². The molecule has 4 aromatic rings. The van der Waals surface area contributed by atoms with Gasteiger partial charge in [-0.15, -0.1) is 0 Å². The topological polar surface area (TPSA) is 95.0 Å². The lowest BCUT2D eigenvalue weighted by Crippen LogP contribution is -2.27. The Bertz CT molecular complexity index is 1210. The lowest BCUT2D eigenvalue weighted by Gasteiger charge is -2.23. The van der Waals surface area contributed by atoms with E-state index in [0.29, 0.717) is 16.8 Å². The van der Waals surface area contributed by atoms with E-state index in [1.54, 1.807) is 30.3 Å². The first-order chi connectivity index (χ1) is 13.0. The standard InChI is InChI=1S/C20H18N4O3/c1-12(15-11-21-16-6-4-3-5-14(15)16)24(2)18(25)8-7-13-9-17-19(22-10-13)23-20(26)27-17/h3-12,21H,1-2H3,(H,22,23,26)/b8-7+. The number of carbonyl (C=O) groups excluding carboxylic acids is 1. The summed E-state index contributed by atoms with van der Waals surface area (Å²) in [4.78, 5) is 35.3. The van der Waals surface area contributed by atoms with Crippen LogP contribution in [0.4, 0.5) is 0 Å². The normalized spacial score (nSPS) is 12.8. The maximum absolute atomic E-state index is 12.6. The smallest absolute Gasteiger partial charge is 0.406 e. The van der Waals surface area contributed by atoms with E-state index in [4.69, 9.17) is 4.42 Å². The molecule has 0 saturated carbocycles. The minimum Gasteiger partial charge on any atom is -0.406 e. The number of nitrogens with zero attached hydrogens (tertiary/aromatic N) is 2. The zero-order valence-corrected chi connectivity index (χ0v) is 14.9. The van der Waals surface area contributed by atoms with Crippen molar-refractivity contribution in [2.24, 2.45) is 0 Å². The summed E-state index contributed by atoms with van der Waals surface area (Å²) in [6, 6.07) is 9.57. The molecule has 0 fully saturated rings. The molecule has 7 nitrogen and oxygen atoms in total. The molecule has 1 atom stereocenters. The third kappa shape index (κ3) is 3.15. The Labute approximate surface area is 154 Å². The Morgan fingerprint density at radius 2 is 2.15 bits per heavy atom. The molecule has 0 aliphatic heterocycles. The fourth-order valence-electron chi connectivity index (χ4n) is 3.07. The summed E-state index contributed by atoms with van der Waals surface area (Å²) in [5, 5.41) is 1.10. The Balaban J connectivity index is 1.54. The lowest BCUT2D eigenvalue weighted by atomic mass is 10.1. The van der Waals surface area contributed by atoms with Crippen LogP contribution in [0.25, 0.3) is 28.2 Å². The Hall–Kier alpha value is -3.61. The number of H-pyrrole nitrogens is 2. The van der Waals surface area contributed by atoms with Gasteiger partial charge in [0.25, 0.3) is 0 Å². The average molecular weight is 362 g/mol. The van der Waals surface area contributed by atoms with Crippen LogP contribution in [0, 0.1) is 0 Å². The van der Waals surface area contributed by atoms with E-state index in [9.17, 15) is 9.59 Å². The first-order valence-corrected chi connectivity index (χ1v) is 8.52. The fraction of sp³-hybridized carbons (Fsp3) is 0.150. The van der Waals surface area contributed by atoms with Gasteiger partial charge in [-0.05, 0) is 36.3 Å². The van der Waals surface area contributed by atoms with E-state index in [-0.39, 0.29) is 11.9 Å². The molecule has 0 radical (unpaired) electrons. The highest BCUT2D eigenvalue weighted by atomic mass is 16.4. The van der Waals surface area contributed by atoms with Gasteiger partial charge in [-0.2, -0.15) is 0 Å². The third-order valence-electron chi connectivity index (χ3n) is 4.72. The maximum Gasteiger partial charge on any atom is 0.418 e. The number of aromatic nitrogens is 3. The van der Waals surface area contributed by atoms with Crippen molar-refractivity contribution in [1.82, 2.24) is 19.9 Å². The largest absolute Gasteiger partial charge is 0.418 e. The van der Waals surface area contributed by atoms with Crippen molar-refractivity contribution in [2.75, 3.05) is 7.05 Å². The number of oxazole rings is 1. The molecule has 1 amide bonds. The molecule has 0 aliphatic carbocycles. The molecule has 2 N–H and O–H groups in total. The van der Waals surface area contributed by atoms with Gasteiger partial charge in [-0.1, -0.05) is 18.2 Å². The van der Waals surface area contributed by atoms with Crippen molar-refractivity contribution in [3.8, 4) is 0 Å². The molecule has 0 bridgehead atoms. The zero-order valence-electron chi connectivity index (χ0n) is 14.9. The summed E-state index contributed by atoms with van der Waals surface area (Å²) in [7, 11) is 1.77. The van der Waals surface area contributed by atoms with Crippen LogP contribution in [0.1, 0.15) is 24.1 Å². The van der Waals surface area contributed by atoms with Crippen molar-refractivity contribution in [1.29, 1.82) is 0 Å². The summed E-state index contributed by atoms with van der Waals surface area (Å²) in [5.74, 6) is -0.689. The van der Waals surface area contributed by atoms with Gasteiger partial charge in [0.1, 0.15) is 0 Å². The van der Waals surface area contributed by atoms with Crippen molar-refractivity contribution in [3.63, 3.8) is 0 Å². The highest BCUT2D eigenvalue weighted by molar-refractivity contribution is 5.93. The van der Waals surface area contributed by atoms with Gasteiger partial charge in [-0.25, -0.2) is 9.78 Å². The average Bonchev–Trinajstić information content (AvgIpc) is 3.26. The summed E-state index contributed by atoms with van der Waals surface area (Å²) in [6.07, 6.45) is 6.65. The van der Waals surface area contributed by atoms with Gasteiger partial charge in [0.15, 0.2) is 11.2 Å². The minimum absolute atomic E-state index is 0.0957. The second kappa shape index (κ2) is 6.60. The number of rotatable bonds is 4. The van der Waals surface area contributed by atoms with Gasteiger partial charge in [0.05, 0.1) is 6.04 Å². The fourth-order valence-corrected chi connectivity index (χ4v) is 3.07. The summed E-state index contributed by atoms with van der Waals surface area (Å²) < 4.78 is 4.98. The van der Waals surface area contributed by atoms with Gasteiger partial charge in [0.2, 0.25) is 5.91 Å². The summed E-state index contributed by atoms with van der Waals surface area (Å²) >= 11 is 0. The number of hydrogen-bond donors (Lipinski definition) is 2. The van der Waals surface area contributed by atoms with E-state index < -0.39 is 5.76 Å². The number of hydrogen-bond acceptors (Lipinski definition) is 4. The predicted molar refractivity (Wildman–Crippen MR) is 103 cm³/mol. The summed E-state index contributed by atoms with van der Waals surface area (Å²) in [6.45, 7) is 1.99. The van der Waals surface area contributed by atoms with Crippen molar-refractivity contribution >= 4 is 34.1 Å². The SMILES string of the molecule is CC(c1c[nH]c2ccccc12)N(C)C(=O)/C=C/c1cnc2[nH]c(=O)oc2c1. The lowest BCUT2D eigenvalue weighted by molar-refractivity contribution is -0.126. The van der Waals surface area contributed by atoms with Crippen molar-refractivity contribution in [3.05, 3.63) is 70.5 Å². The van der Waals surface area contributed by atoms with Crippen LogP contribution < -0.4 is 5.76 Å². The molecule has 7 heteroatoms. The molecule has 1 aromatic carbocycles. The molecule has 136 valence electrons. The number of pyridine rings is 1. The van der Waals surface area contributed by atoms with Gasteiger partial charge >= 0.3 is 5.76 Å². The molecule has 0 aliphatic rings. The van der Waals surface area contributed by atoms with E-state index in [0.717, 1.165) is 16.5 Å². The third-order valence-corrected chi connectivity index (χ3v) is 4.72. The van der Waals surface area contributed by atoms with Crippen LogP contribution in [0.15, 0.2) is 58.0 Å². The van der Waals surface area contributed by atoms with Gasteiger partial charge in [-0.3, -0.25) is 9.78 Å². The number of amides is 1. The Kier molecular flexibility index (Phi) is 4.12. The van der Waals surface area contributed by atoms with Gasteiger partial charge in [0, 0.05) is 36.4 Å². The van der Waals surface area contributed by atoms with Crippen LogP contribution in [-0.2, 0) is 4.79 Å². The van der Waals surface area contributed by atoms with Crippen LogP contribution in [0.5, 0.6) is 0 Å². The van der Waals surface area contributed by atoms with Crippen molar-refractivity contribution < 1.29 is 9.21 Å². The second-order valence-corrected chi connectivity index (χ2v) is 6.38. The number of aromatic amines is 2. The quantitative estimate of drug-likeness (QED) is 0.545. The van der Waals surface area contributed by atoms with Crippen LogP contribution in [-0.4, -0.2) is 32.8 Å². The highest BCUT2D eigenvalue weighted by Crippen LogP contribution is 2.27. The number of benzene rings is 1. The molecule has 3 aromatic heterocycles. The second-order valence-electron chi connectivity index (χ2n) is 6.38. The number of nitrogens with one attached hydrogen (secondary N) is 2. The zero-order chi connectivity index (χ0) is 19.0. The highest BCUT2D eigenvalue weighted by Gasteiger charge is 2.18. The van der Waals surface area contributed by atoms with Crippen molar-refractivity contribution in [2.45, 2.75) is 13.0 Å². The van der Waals surface area contributed by atoms with Crippen LogP contribution >= 0.6 is 0 Å². The van der Waals surface area contributed by atoms with Crippen LogP contribution in [0.2, 0.25) is 0 Å². The Morgan fingerprint density at radius 3 is 3.00 bits per heavy atom. The first kappa shape index (κ1) is 16.8. The number of carbonyl (C=O) groups is 1. The monoisotopic (exact) mass is 362 g/mol. The Morgan fingerprint density at radius 1 is 1.33 bits per heavy atom. The van der Waals surface area contributed by atoms with E-state index in [1.165, 1.54) is 6.08 Å². The molecular weight excluding hydrogens is 344 g/mol. The first-order valence-electron chi connectivity index (χ1n) is 8.52. The molecule has 0 spiro atoms. The molecule has 4 rings (SSSR count). The molecular formula is C20H18N4O3. The molecule has 0 saturated heterocycles. The maximum atomic E-state index is 12.6. The van der Waals surface area contributed by atoms with E-state index >= 15 is 0 Å². The van der Waals surface area contributed by atoms with E-state index in [1.807, 2.05) is 37.4 Å². The van der Waals surface area contributed by atoms with Crippen LogP contribution in [0.3, 0.4) is 0 Å². The number of fused-ring (bicyclic) bond motifs is 2. The predicted octanol–water partition coefficient (Wildman–Crippen LogP) is 3.23.